The van der Waals surface area contributed by atoms with E-state index in [-0.39, 0.29) is 0 Å². The summed E-state index contributed by atoms with van der Waals surface area (Å²) in [6, 6.07) is 3.54. The molecule has 7 heteroatoms. The Morgan fingerprint density at radius 3 is 2.38 bits per heavy atom. The molecule has 1 atom stereocenters. The third-order valence-electron chi connectivity index (χ3n) is 2.56. The van der Waals surface area contributed by atoms with Gasteiger partial charge in [0.25, 0.3) is 0 Å². The van der Waals surface area contributed by atoms with Gasteiger partial charge in [0.05, 0.1) is 5.02 Å². The summed E-state index contributed by atoms with van der Waals surface area (Å²) in [5.41, 5.74) is -0.276. The number of nitrogens with zero attached hydrogens (tertiary/aromatic N) is 1. The van der Waals surface area contributed by atoms with E-state index in [1.807, 2.05) is 0 Å². The number of aliphatic carboxylic acids is 1. The lowest BCUT2D eigenvalue weighted by molar-refractivity contribution is -0.142. The molecule has 0 saturated carbocycles. The Kier molecular flexibility index (Phi) is 5.64. The largest absolute Gasteiger partial charge is 0.479 e. The summed E-state index contributed by atoms with van der Waals surface area (Å²) >= 11 is 9.13. The summed E-state index contributed by atoms with van der Waals surface area (Å²) in [5.74, 6) is -1.16. The Morgan fingerprint density at radius 2 is 1.95 bits per heavy atom. The van der Waals surface area contributed by atoms with Gasteiger partial charge >= 0.3 is 12.1 Å². The molecule has 1 aromatic rings. The molecule has 0 fully saturated rings. The molecule has 1 N–H and O–H groups in total. The van der Waals surface area contributed by atoms with Gasteiger partial charge in [0.2, 0.25) is 0 Å². The van der Waals surface area contributed by atoms with Crippen LogP contribution < -0.4 is 0 Å². The van der Waals surface area contributed by atoms with Gasteiger partial charge in [-0.25, -0.2) is 9.59 Å². The van der Waals surface area contributed by atoms with Gasteiger partial charge in [-0.15, -0.1) is 0 Å². The van der Waals surface area contributed by atoms with Crippen molar-refractivity contribution in [1.82, 2.24) is 4.90 Å². The number of benzene rings is 1. The van der Waals surface area contributed by atoms with Gasteiger partial charge in [-0.2, -0.15) is 0 Å². The number of halogens is 2. The summed E-state index contributed by atoms with van der Waals surface area (Å²) in [6.45, 7) is 5.15. The van der Waals surface area contributed by atoms with Crippen molar-refractivity contribution in [2.24, 2.45) is 0 Å². The fourth-order valence-electron chi connectivity index (χ4n) is 1.65. The fourth-order valence-corrected chi connectivity index (χ4v) is 2.17. The van der Waals surface area contributed by atoms with E-state index in [2.05, 4.69) is 15.9 Å². The zero-order valence-electron chi connectivity index (χ0n) is 12.2. The molecular weight excluding hydrogens is 362 g/mol. The van der Waals surface area contributed by atoms with Crippen molar-refractivity contribution in [1.29, 1.82) is 0 Å². The molecule has 21 heavy (non-hydrogen) atoms. The standard InChI is InChI=1S/C14H17BrClNO4/c1-14(2,3)21-13(20)17(4)11(12(18)19)8-5-6-10(16)9(15)7-8/h5-7,11H,1-4H3,(H,18,19). The van der Waals surface area contributed by atoms with E-state index in [0.29, 0.717) is 15.1 Å². The van der Waals surface area contributed by atoms with Crippen LogP contribution in [0.2, 0.25) is 5.02 Å². The topological polar surface area (TPSA) is 66.8 Å². The maximum absolute atomic E-state index is 12.0. The zero-order chi connectivity index (χ0) is 16.4. The molecule has 1 amide bonds. The van der Waals surface area contributed by atoms with Gasteiger partial charge in [-0.3, -0.25) is 4.90 Å². The number of carboxylic acids is 1. The second kappa shape index (κ2) is 6.66. The highest BCUT2D eigenvalue weighted by Crippen LogP contribution is 2.29. The molecule has 0 bridgehead atoms. The van der Waals surface area contributed by atoms with Gasteiger partial charge in [0, 0.05) is 11.5 Å². The molecule has 116 valence electrons. The summed E-state index contributed by atoms with van der Waals surface area (Å²) in [6.07, 6.45) is -0.707. The molecular formula is C14H17BrClNO4. The summed E-state index contributed by atoms with van der Waals surface area (Å²) in [5, 5.41) is 9.87. The van der Waals surface area contributed by atoms with Crippen LogP contribution in [0.5, 0.6) is 0 Å². The van der Waals surface area contributed by atoms with Gasteiger partial charge in [-0.1, -0.05) is 17.7 Å². The van der Waals surface area contributed by atoms with Crippen LogP contribution in [0.4, 0.5) is 4.79 Å². The van der Waals surface area contributed by atoms with Crippen molar-refractivity contribution >= 4 is 39.6 Å². The number of carbonyl (C=O) groups excluding carboxylic acids is 1. The van der Waals surface area contributed by atoms with E-state index in [1.165, 1.54) is 7.05 Å². The van der Waals surface area contributed by atoms with E-state index in [4.69, 9.17) is 16.3 Å². The maximum atomic E-state index is 12.0. The Hall–Kier alpha value is -1.27. The molecule has 5 nitrogen and oxygen atoms in total. The van der Waals surface area contributed by atoms with Gasteiger partial charge in [0.1, 0.15) is 5.60 Å². The molecule has 0 aromatic heterocycles. The van der Waals surface area contributed by atoms with Crippen LogP contribution in [-0.4, -0.2) is 34.7 Å². The normalized spacial score (nSPS) is 12.7. The van der Waals surface area contributed by atoms with E-state index in [0.717, 1.165) is 4.90 Å². The van der Waals surface area contributed by atoms with E-state index >= 15 is 0 Å². The zero-order valence-corrected chi connectivity index (χ0v) is 14.5. The Bertz CT molecular complexity index is 556. The minimum absolute atomic E-state index is 0.423. The lowest BCUT2D eigenvalue weighted by Crippen LogP contribution is -2.39. The molecule has 1 aromatic carbocycles. The monoisotopic (exact) mass is 377 g/mol. The van der Waals surface area contributed by atoms with Crippen molar-refractivity contribution < 1.29 is 19.4 Å². The third-order valence-corrected chi connectivity index (χ3v) is 3.78. The minimum atomic E-state index is -1.16. The lowest BCUT2D eigenvalue weighted by Gasteiger charge is -2.28. The van der Waals surface area contributed by atoms with Crippen LogP contribution in [0.1, 0.15) is 32.4 Å². The van der Waals surface area contributed by atoms with Crippen molar-refractivity contribution in [2.45, 2.75) is 32.4 Å². The van der Waals surface area contributed by atoms with Crippen molar-refractivity contribution in [3.63, 3.8) is 0 Å². The number of carboxylic acid groups (broad SMARTS) is 1. The van der Waals surface area contributed by atoms with Gasteiger partial charge in [0.15, 0.2) is 6.04 Å². The predicted octanol–water partition coefficient (Wildman–Crippen LogP) is 4.10. The molecule has 0 spiro atoms. The molecule has 0 saturated heterocycles. The Labute approximate surface area is 137 Å². The minimum Gasteiger partial charge on any atom is -0.479 e. The van der Waals surface area contributed by atoms with Crippen LogP contribution in [-0.2, 0) is 9.53 Å². The number of rotatable bonds is 3. The van der Waals surface area contributed by atoms with Crippen LogP contribution in [0, 0.1) is 0 Å². The average molecular weight is 379 g/mol. The number of amides is 1. The Balaban J connectivity index is 3.09. The van der Waals surface area contributed by atoms with E-state index in [9.17, 15) is 14.7 Å². The van der Waals surface area contributed by atoms with Crippen molar-refractivity contribution in [3.05, 3.63) is 33.3 Å². The first-order valence-corrected chi connectivity index (χ1v) is 7.33. The van der Waals surface area contributed by atoms with Crippen molar-refractivity contribution in [3.8, 4) is 0 Å². The molecule has 1 unspecified atom stereocenters. The number of hydrogen-bond donors (Lipinski definition) is 1. The molecule has 1 rings (SSSR count). The predicted molar refractivity (Wildman–Crippen MR) is 83.5 cm³/mol. The van der Waals surface area contributed by atoms with Crippen LogP contribution in [0.15, 0.2) is 22.7 Å². The maximum Gasteiger partial charge on any atom is 0.411 e. The SMILES string of the molecule is CN(C(=O)OC(C)(C)C)C(C(=O)O)c1ccc(Cl)c(Br)c1. The van der Waals surface area contributed by atoms with E-state index in [1.54, 1.807) is 39.0 Å². The first-order valence-electron chi connectivity index (χ1n) is 6.16. The quantitative estimate of drug-likeness (QED) is 0.860. The van der Waals surface area contributed by atoms with E-state index < -0.39 is 23.7 Å². The van der Waals surface area contributed by atoms with Gasteiger partial charge in [-0.05, 0) is 54.4 Å². The highest BCUT2D eigenvalue weighted by atomic mass is 79.9. The smallest absolute Gasteiger partial charge is 0.411 e. The third kappa shape index (κ3) is 4.89. The highest BCUT2D eigenvalue weighted by molar-refractivity contribution is 9.10. The number of hydrogen-bond acceptors (Lipinski definition) is 3. The van der Waals surface area contributed by atoms with Gasteiger partial charge < -0.3 is 9.84 Å². The molecule has 0 heterocycles. The second-order valence-corrected chi connectivity index (χ2v) is 6.77. The first kappa shape index (κ1) is 17.8. The Morgan fingerprint density at radius 1 is 1.38 bits per heavy atom. The van der Waals surface area contributed by atoms with Crippen LogP contribution in [0.25, 0.3) is 0 Å². The average Bonchev–Trinajstić information content (AvgIpc) is 2.31. The molecule has 0 aliphatic heterocycles. The number of ether oxygens (including phenoxy) is 1. The summed E-state index contributed by atoms with van der Waals surface area (Å²) in [7, 11) is 1.38. The second-order valence-electron chi connectivity index (χ2n) is 5.51. The number of carbonyl (C=O) groups is 2. The molecule has 0 radical (unpaired) electrons. The molecule has 0 aliphatic rings. The lowest BCUT2D eigenvalue weighted by atomic mass is 10.1. The molecule has 0 aliphatic carbocycles. The summed E-state index contributed by atoms with van der Waals surface area (Å²) in [4.78, 5) is 24.6. The van der Waals surface area contributed by atoms with Crippen molar-refractivity contribution in [2.75, 3.05) is 7.05 Å². The highest BCUT2D eigenvalue weighted by Gasteiger charge is 2.31. The first-order chi connectivity index (χ1) is 9.53. The number of likely N-dealkylation sites (N-methyl/N-ethyl adjacent to an activating group) is 1. The fraction of sp³-hybridized carbons (Fsp3) is 0.429. The van der Waals surface area contributed by atoms with Crippen LogP contribution in [0.3, 0.4) is 0 Å². The summed E-state index contributed by atoms with van der Waals surface area (Å²) < 4.78 is 5.75. The van der Waals surface area contributed by atoms with Crippen LogP contribution >= 0.6 is 27.5 Å².